The van der Waals surface area contributed by atoms with Gasteiger partial charge in [0.05, 0.1) is 12.2 Å². The number of hydrogen-bond donors (Lipinski definition) is 3. The highest BCUT2D eigenvalue weighted by Gasteiger charge is 2.33. The molecule has 0 bridgehead atoms. The maximum atomic E-state index is 9.68. The standard InChI is InChI=1S/C10H21NO2S/c1-3-14-5-4-8-7(2)10(13)9(12)6-11-8/h7-13H,3-6H2,1-2H3. The van der Waals surface area contributed by atoms with Gasteiger partial charge < -0.3 is 15.5 Å². The molecule has 1 aliphatic rings. The molecule has 4 atom stereocenters. The summed E-state index contributed by atoms with van der Waals surface area (Å²) >= 11 is 1.92. The summed E-state index contributed by atoms with van der Waals surface area (Å²) in [7, 11) is 0. The topological polar surface area (TPSA) is 52.5 Å². The molecular weight excluding hydrogens is 198 g/mol. The van der Waals surface area contributed by atoms with Crippen LogP contribution < -0.4 is 5.32 Å². The zero-order valence-corrected chi connectivity index (χ0v) is 9.76. The van der Waals surface area contributed by atoms with Crippen molar-refractivity contribution in [2.24, 2.45) is 5.92 Å². The van der Waals surface area contributed by atoms with E-state index >= 15 is 0 Å². The van der Waals surface area contributed by atoms with Gasteiger partial charge in [0.25, 0.3) is 0 Å². The molecule has 84 valence electrons. The van der Waals surface area contributed by atoms with E-state index in [-0.39, 0.29) is 5.92 Å². The number of rotatable bonds is 4. The van der Waals surface area contributed by atoms with Crippen LogP contribution in [0.5, 0.6) is 0 Å². The zero-order chi connectivity index (χ0) is 10.6. The molecule has 0 radical (unpaired) electrons. The van der Waals surface area contributed by atoms with E-state index in [0.29, 0.717) is 12.6 Å². The monoisotopic (exact) mass is 219 g/mol. The molecule has 0 spiro atoms. The Morgan fingerprint density at radius 3 is 2.79 bits per heavy atom. The van der Waals surface area contributed by atoms with Gasteiger partial charge in [-0.2, -0.15) is 11.8 Å². The third kappa shape index (κ3) is 3.12. The van der Waals surface area contributed by atoms with Gasteiger partial charge in [-0.25, -0.2) is 0 Å². The lowest BCUT2D eigenvalue weighted by Crippen LogP contribution is -2.55. The average molecular weight is 219 g/mol. The summed E-state index contributed by atoms with van der Waals surface area (Å²) in [6, 6.07) is 0.354. The van der Waals surface area contributed by atoms with E-state index in [2.05, 4.69) is 12.2 Å². The van der Waals surface area contributed by atoms with Gasteiger partial charge in [0.15, 0.2) is 0 Å². The van der Waals surface area contributed by atoms with Crippen molar-refractivity contribution in [2.75, 3.05) is 18.1 Å². The summed E-state index contributed by atoms with van der Waals surface area (Å²) in [5.41, 5.74) is 0. The van der Waals surface area contributed by atoms with Crippen molar-refractivity contribution in [2.45, 2.75) is 38.5 Å². The van der Waals surface area contributed by atoms with E-state index in [1.54, 1.807) is 0 Å². The van der Waals surface area contributed by atoms with E-state index in [1.807, 2.05) is 18.7 Å². The first-order valence-corrected chi connectivity index (χ1v) is 6.49. The second-order valence-corrected chi connectivity index (χ2v) is 5.31. The summed E-state index contributed by atoms with van der Waals surface area (Å²) in [5, 5.41) is 22.4. The molecule has 4 unspecified atom stereocenters. The number of aliphatic hydroxyl groups excluding tert-OH is 2. The molecule has 14 heavy (non-hydrogen) atoms. The average Bonchev–Trinajstić information content (AvgIpc) is 2.18. The predicted molar refractivity (Wildman–Crippen MR) is 60.6 cm³/mol. The van der Waals surface area contributed by atoms with Gasteiger partial charge in [-0.15, -0.1) is 0 Å². The number of nitrogens with one attached hydrogen (secondary N) is 1. The third-order valence-corrected chi connectivity index (χ3v) is 3.87. The van der Waals surface area contributed by atoms with Gasteiger partial charge in [-0.05, 0) is 23.8 Å². The van der Waals surface area contributed by atoms with Gasteiger partial charge in [0, 0.05) is 12.6 Å². The molecule has 0 aromatic rings. The van der Waals surface area contributed by atoms with E-state index < -0.39 is 12.2 Å². The van der Waals surface area contributed by atoms with Crippen molar-refractivity contribution in [3.63, 3.8) is 0 Å². The molecule has 3 N–H and O–H groups in total. The highest BCUT2D eigenvalue weighted by molar-refractivity contribution is 7.99. The van der Waals surface area contributed by atoms with Crippen LogP contribution in [0.25, 0.3) is 0 Å². The second kappa shape index (κ2) is 5.95. The van der Waals surface area contributed by atoms with Crippen LogP contribution in [0.2, 0.25) is 0 Å². The van der Waals surface area contributed by atoms with Crippen molar-refractivity contribution >= 4 is 11.8 Å². The van der Waals surface area contributed by atoms with Crippen LogP contribution >= 0.6 is 11.8 Å². The number of thioether (sulfide) groups is 1. The van der Waals surface area contributed by atoms with Crippen molar-refractivity contribution in [3.05, 3.63) is 0 Å². The molecule has 0 aliphatic carbocycles. The fourth-order valence-corrected chi connectivity index (χ4v) is 2.60. The fraction of sp³-hybridized carbons (Fsp3) is 1.00. The van der Waals surface area contributed by atoms with Crippen LogP contribution in [0.15, 0.2) is 0 Å². The Morgan fingerprint density at radius 2 is 2.14 bits per heavy atom. The minimum absolute atomic E-state index is 0.149. The minimum Gasteiger partial charge on any atom is -0.390 e. The molecule has 3 nitrogen and oxygen atoms in total. The highest BCUT2D eigenvalue weighted by atomic mass is 32.2. The molecule has 1 heterocycles. The molecule has 1 aliphatic heterocycles. The lowest BCUT2D eigenvalue weighted by atomic mass is 9.87. The number of β-amino-alcohol motifs (C(OH)–C–C–N with tert-alkyl or cyclic N) is 1. The van der Waals surface area contributed by atoms with E-state index in [1.165, 1.54) is 0 Å². The van der Waals surface area contributed by atoms with Gasteiger partial charge >= 0.3 is 0 Å². The first kappa shape index (κ1) is 12.3. The maximum Gasteiger partial charge on any atom is 0.0926 e. The molecule has 0 amide bonds. The molecule has 1 fully saturated rings. The predicted octanol–water partition coefficient (Wildman–Crippen LogP) is 0.459. The number of piperidine rings is 1. The Balaban J connectivity index is 2.31. The van der Waals surface area contributed by atoms with Gasteiger partial charge in [0.1, 0.15) is 0 Å². The van der Waals surface area contributed by atoms with Gasteiger partial charge in [0.2, 0.25) is 0 Å². The third-order valence-electron chi connectivity index (χ3n) is 2.93. The first-order valence-electron chi connectivity index (χ1n) is 5.34. The lowest BCUT2D eigenvalue weighted by Gasteiger charge is -2.37. The van der Waals surface area contributed by atoms with Crippen molar-refractivity contribution in [3.8, 4) is 0 Å². The van der Waals surface area contributed by atoms with Crippen LogP contribution in [0.4, 0.5) is 0 Å². The van der Waals surface area contributed by atoms with Crippen molar-refractivity contribution < 1.29 is 10.2 Å². The minimum atomic E-state index is -0.597. The summed E-state index contributed by atoms with van der Waals surface area (Å²) in [5.74, 6) is 2.42. The Bertz CT molecular complexity index is 168. The van der Waals surface area contributed by atoms with E-state index in [9.17, 15) is 10.2 Å². The SMILES string of the molecule is CCSCCC1NCC(O)C(O)C1C. The van der Waals surface area contributed by atoms with Crippen LogP contribution in [0.3, 0.4) is 0 Å². The Morgan fingerprint density at radius 1 is 1.43 bits per heavy atom. The van der Waals surface area contributed by atoms with Gasteiger partial charge in [-0.3, -0.25) is 0 Å². The van der Waals surface area contributed by atoms with Gasteiger partial charge in [-0.1, -0.05) is 13.8 Å². The van der Waals surface area contributed by atoms with E-state index in [4.69, 9.17) is 0 Å². The number of aliphatic hydroxyl groups is 2. The summed E-state index contributed by atoms with van der Waals surface area (Å²) in [6.45, 7) is 4.68. The summed E-state index contributed by atoms with van der Waals surface area (Å²) < 4.78 is 0. The highest BCUT2D eigenvalue weighted by Crippen LogP contribution is 2.20. The normalized spacial score (nSPS) is 38.6. The van der Waals surface area contributed by atoms with Crippen LogP contribution in [0.1, 0.15) is 20.3 Å². The Kier molecular flexibility index (Phi) is 5.23. The molecule has 0 aromatic heterocycles. The second-order valence-electron chi connectivity index (χ2n) is 3.92. The van der Waals surface area contributed by atoms with Crippen molar-refractivity contribution in [1.82, 2.24) is 5.32 Å². The number of hydrogen-bond acceptors (Lipinski definition) is 4. The molecule has 0 aromatic carbocycles. The van der Waals surface area contributed by atoms with Crippen molar-refractivity contribution in [1.29, 1.82) is 0 Å². The summed E-state index contributed by atoms with van der Waals surface area (Å²) in [6.07, 6.45) is -0.0864. The van der Waals surface area contributed by atoms with Crippen LogP contribution in [-0.4, -0.2) is 46.5 Å². The van der Waals surface area contributed by atoms with Crippen LogP contribution in [0, 0.1) is 5.92 Å². The smallest absolute Gasteiger partial charge is 0.0926 e. The quantitative estimate of drug-likeness (QED) is 0.601. The molecule has 4 heteroatoms. The Labute approximate surface area is 90.3 Å². The molecule has 0 saturated carbocycles. The molecular formula is C10H21NO2S. The largest absolute Gasteiger partial charge is 0.390 e. The summed E-state index contributed by atoms with van der Waals surface area (Å²) in [4.78, 5) is 0. The molecule has 1 rings (SSSR count). The molecule has 1 saturated heterocycles. The maximum absolute atomic E-state index is 9.68. The lowest BCUT2D eigenvalue weighted by molar-refractivity contribution is -0.0461. The first-order chi connectivity index (χ1) is 6.66. The zero-order valence-electron chi connectivity index (χ0n) is 8.94. The fourth-order valence-electron chi connectivity index (χ4n) is 1.89. The Hall–Kier alpha value is 0.230. The van der Waals surface area contributed by atoms with Crippen LogP contribution in [-0.2, 0) is 0 Å². The van der Waals surface area contributed by atoms with E-state index in [0.717, 1.165) is 17.9 Å².